The number of carbonyl (C=O) groups excluding carboxylic acids is 2. The van der Waals surface area contributed by atoms with E-state index in [1.807, 2.05) is 0 Å². The van der Waals surface area contributed by atoms with E-state index in [1.54, 1.807) is 0 Å². The standard InChI is InChI=1S/C14H14N4O4/c1-22-14(21)10-6-12-9(5-11(10)15-7-19)13(20)18(17-16-12)8-3-2-4-8/h5-8H,2-4H2,1H3,(H,15,19). The number of anilines is 1. The van der Waals surface area contributed by atoms with Crippen LogP contribution in [0.25, 0.3) is 10.9 Å². The molecule has 1 amide bonds. The molecule has 1 saturated carbocycles. The number of fused-ring (bicyclic) bond motifs is 1. The molecule has 114 valence electrons. The Kier molecular flexibility index (Phi) is 3.58. The van der Waals surface area contributed by atoms with Crippen molar-refractivity contribution in [1.82, 2.24) is 15.0 Å². The molecule has 3 rings (SSSR count). The third-order valence-electron chi connectivity index (χ3n) is 3.86. The first-order valence-corrected chi connectivity index (χ1v) is 6.87. The summed E-state index contributed by atoms with van der Waals surface area (Å²) in [5, 5.41) is 10.7. The van der Waals surface area contributed by atoms with E-state index in [9.17, 15) is 14.4 Å². The lowest BCUT2D eigenvalue weighted by molar-refractivity contribution is -0.105. The van der Waals surface area contributed by atoms with Crippen molar-refractivity contribution in [3.05, 3.63) is 28.0 Å². The van der Waals surface area contributed by atoms with Gasteiger partial charge in [0.25, 0.3) is 5.56 Å². The number of esters is 1. The number of nitrogens with zero attached hydrogens (tertiary/aromatic N) is 3. The molecule has 22 heavy (non-hydrogen) atoms. The highest BCUT2D eigenvalue weighted by molar-refractivity contribution is 6.02. The molecule has 0 unspecified atom stereocenters. The van der Waals surface area contributed by atoms with Crippen molar-refractivity contribution >= 4 is 29.0 Å². The largest absolute Gasteiger partial charge is 0.465 e. The zero-order valence-corrected chi connectivity index (χ0v) is 11.9. The van der Waals surface area contributed by atoms with Crippen LogP contribution in [0.2, 0.25) is 0 Å². The fourth-order valence-electron chi connectivity index (χ4n) is 2.43. The Morgan fingerprint density at radius 1 is 1.45 bits per heavy atom. The summed E-state index contributed by atoms with van der Waals surface area (Å²) in [7, 11) is 1.23. The van der Waals surface area contributed by atoms with E-state index in [2.05, 4.69) is 20.4 Å². The predicted octanol–water partition coefficient (Wildman–Crippen LogP) is 0.871. The predicted molar refractivity (Wildman–Crippen MR) is 77.7 cm³/mol. The minimum atomic E-state index is -0.628. The van der Waals surface area contributed by atoms with Crippen LogP contribution in [-0.4, -0.2) is 34.5 Å². The Bertz CT molecular complexity index is 810. The van der Waals surface area contributed by atoms with E-state index in [1.165, 1.54) is 23.9 Å². The lowest BCUT2D eigenvalue weighted by Gasteiger charge is -2.25. The first-order chi connectivity index (χ1) is 10.7. The molecule has 1 aliphatic rings. The van der Waals surface area contributed by atoms with Gasteiger partial charge in [0.1, 0.15) is 5.52 Å². The second-order valence-electron chi connectivity index (χ2n) is 5.09. The number of amides is 1. The number of ether oxygens (including phenoxy) is 1. The number of benzene rings is 1. The van der Waals surface area contributed by atoms with Crippen molar-refractivity contribution in [1.29, 1.82) is 0 Å². The average Bonchev–Trinajstić information content (AvgIpc) is 2.47. The zero-order chi connectivity index (χ0) is 15.7. The maximum absolute atomic E-state index is 12.5. The van der Waals surface area contributed by atoms with Gasteiger partial charge in [0.05, 0.1) is 29.8 Å². The van der Waals surface area contributed by atoms with E-state index >= 15 is 0 Å². The van der Waals surface area contributed by atoms with Gasteiger partial charge in [-0.05, 0) is 31.4 Å². The molecule has 1 fully saturated rings. The lowest BCUT2D eigenvalue weighted by atomic mass is 9.93. The van der Waals surface area contributed by atoms with Crippen LogP contribution in [0, 0.1) is 0 Å². The van der Waals surface area contributed by atoms with Gasteiger partial charge in [0, 0.05) is 0 Å². The van der Waals surface area contributed by atoms with Crippen LogP contribution in [0.5, 0.6) is 0 Å². The fraction of sp³-hybridized carbons (Fsp3) is 0.357. The minimum Gasteiger partial charge on any atom is -0.465 e. The van der Waals surface area contributed by atoms with Gasteiger partial charge in [0.15, 0.2) is 0 Å². The molecule has 0 spiro atoms. The second-order valence-corrected chi connectivity index (χ2v) is 5.09. The molecular formula is C14H14N4O4. The summed E-state index contributed by atoms with van der Waals surface area (Å²) in [5.74, 6) is -0.628. The monoisotopic (exact) mass is 302 g/mol. The smallest absolute Gasteiger partial charge is 0.340 e. The fourth-order valence-corrected chi connectivity index (χ4v) is 2.43. The number of nitrogens with one attached hydrogen (secondary N) is 1. The molecule has 8 nitrogen and oxygen atoms in total. The van der Waals surface area contributed by atoms with E-state index in [0.717, 1.165) is 19.3 Å². The Morgan fingerprint density at radius 3 is 2.82 bits per heavy atom. The molecule has 1 N–H and O–H groups in total. The topological polar surface area (TPSA) is 103 Å². The summed E-state index contributed by atoms with van der Waals surface area (Å²) in [5.41, 5.74) is 0.342. The lowest BCUT2D eigenvalue weighted by Crippen LogP contribution is -2.32. The minimum absolute atomic E-state index is 0.0761. The SMILES string of the molecule is COC(=O)c1cc2nnn(C3CCC3)c(=O)c2cc1NC=O. The van der Waals surface area contributed by atoms with E-state index in [-0.39, 0.29) is 28.4 Å². The normalized spacial score (nSPS) is 14.4. The van der Waals surface area contributed by atoms with Crippen LogP contribution < -0.4 is 10.9 Å². The quantitative estimate of drug-likeness (QED) is 0.664. The third kappa shape index (κ3) is 2.22. The Balaban J connectivity index is 2.20. The number of methoxy groups -OCH3 is 1. The van der Waals surface area contributed by atoms with Gasteiger partial charge in [-0.3, -0.25) is 9.59 Å². The first kappa shape index (κ1) is 14.2. The van der Waals surface area contributed by atoms with Gasteiger partial charge < -0.3 is 10.1 Å². The van der Waals surface area contributed by atoms with Crippen molar-refractivity contribution < 1.29 is 14.3 Å². The van der Waals surface area contributed by atoms with Gasteiger partial charge in [-0.25, -0.2) is 9.48 Å². The van der Waals surface area contributed by atoms with Crippen molar-refractivity contribution in [2.45, 2.75) is 25.3 Å². The van der Waals surface area contributed by atoms with Gasteiger partial charge in [-0.15, -0.1) is 5.10 Å². The summed E-state index contributed by atoms with van der Waals surface area (Å²) >= 11 is 0. The highest BCUT2D eigenvalue weighted by atomic mass is 16.5. The van der Waals surface area contributed by atoms with Crippen LogP contribution in [-0.2, 0) is 9.53 Å². The molecule has 1 aliphatic carbocycles. The third-order valence-corrected chi connectivity index (χ3v) is 3.86. The molecule has 1 aromatic heterocycles. The molecular weight excluding hydrogens is 288 g/mol. The number of aromatic nitrogens is 3. The number of hydrogen-bond donors (Lipinski definition) is 1. The number of carbonyl (C=O) groups is 2. The van der Waals surface area contributed by atoms with E-state index < -0.39 is 5.97 Å². The van der Waals surface area contributed by atoms with Crippen molar-refractivity contribution in [3.8, 4) is 0 Å². The number of hydrogen-bond acceptors (Lipinski definition) is 6. The molecule has 0 bridgehead atoms. The maximum Gasteiger partial charge on any atom is 0.340 e. The van der Waals surface area contributed by atoms with Crippen LogP contribution >= 0.6 is 0 Å². The molecule has 8 heteroatoms. The molecule has 0 saturated heterocycles. The highest BCUT2D eigenvalue weighted by Crippen LogP contribution is 2.30. The first-order valence-electron chi connectivity index (χ1n) is 6.87. The van der Waals surface area contributed by atoms with Crippen molar-refractivity contribution in [2.24, 2.45) is 0 Å². The molecule has 0 atom stereocenters. The molecule has 2 aromatic rings. The summed E-state index contributed by atoms with van der Waals surface area (Å²) in [4.78, 5) is 35.0. The van der Waals surface area contributed by atoms with Gasteiger partial charge in [-0.1, -0.05) is 5.21 Å². The van der Waals surface area contributed by atoms with Crippen molar-refractivity contribution in [2.75, 3.05) is 12.4 Å². The summed E-state index contributed by atoms with van der Waals surface area (Å²) in [6.45, 7) is 0. The average molecular weight is 302 g/mol. The molecule has 1 aromatic carbocycles. The Morgan fingerprint density at radius 2 is 2.23 bits per heavy atom. The molecule has 0 aliphatic heterocycles. The van der Waals surface area contributed by atoms with Crippen LogP contribution in [0.4, 0.5) is 5.69 Å². The summed E-state index contributed by atoms with van der Waals surface area (Å²) in [6.07, 6.45) is 3.31. The van der Waals surface area contributed by atoms with E-state index in [0.29, 0.717) is 11.8 Å². The second kappa shape index (κ2) is 5.55. The maximum atomic E-state index is 12.5. The van der Waals surface area contributed by atoms with Gasteiger partial charge in [0.2, 0.25) is 6.41 Å². The molecule has 1 heterocycles. The Labute approximate surface area is 125 Å². The number of rotatable bonds is 4. The zero-order valence-electron chi connectivity index (χ0n) is 11.9. The highest BCUT2D eigenvalue weighted by Gasteiger charge is 2.23. The molecule has 0 radical (unpaired) electrons. The Hall–Kier alpha value is -2.77. The van der Waals surface area contributed by atoms with Crippen LogP contribution in [0.1, 0.15) is 35.7 Å². The van der Waals surface area contributed by atoms with E-state index in [4.69, 9.17) is 0 Å². The van der Waals surface area contributed by atoms with Gasteiger partial charge >= 0.3 is 5.97 Å². The van der Waals surface area contributed by atoms with Crippen LogP contribution in [0.15, 0.2) is 16.9 Å². The summed E-state index contributed by atoms with van der Waals surface area (Å²) < 4.78 is 6.03. The van der Waals surface area contributed by atoms with Crippen molar-refractivity contribution in [3.63, 3.8) is 0 Å². The van der Waals surface area contributed by atoms with Gasteiger partial charge in [-0.2, -0.15) is 0 Å². The van der Waals surface area contributed by atoms with Crippen LogP contribution in [0.3, 0.4) is 0 Å². The summed E-state index contributed by atoms with van der Waals surface area (Å²) in [6, 6.07) is 2.90.